The lowest BCUT2D eigenvalue weighted by Crippen LogP contribution is -2.29. The zero-order valence-electron chi connectivity index (χ0n) is 11.2. The highest BCUT2D eigenvalue weighted by atomic mass is 16.5. The number of ether oxygens (including phenoxy) is 1. The number of carbonyl (C=O) groups excluding carboxylic acids is 1. The lowest BCUT2D eigenvalue weighted by molar-refractivity contribution is -0.144. The third-order valence-electron chi connectivity index (χ3n) is 2.86. The Kier molecular flexibility index (Phi) is 3.89. The summed E-state index contributed by atoms with van der Waals surface area (Å²) in [5.41, 5.74) is 1.35. The standard InChI is InChI=1S/C13H16N4O2/c1-9(13(18)19-3)8-17(2)11-5-4-10-12(16-11)15-7-6-14-10/h4-7,9H,8H2,1-3H3. The van der Waals surface area contributed by atoms with Gasteiger partial charge in [0.1, 0.15) is 11.3 Å². The summed E-state index contributed by atoms with van der Waals surface area (Å²) in [5, 5.41) is 0. The van der Waals surface area contributed by atoms with Gasteiger partial charge in [0.25, 0.3) is 0 Å². The van der Waals surface area contributed by atoms with Crippen LogP contribution in [0, 0.1) is 5.92 Å². The van der Waals surface area contributed by atoms with Crippen LogP contribution in [0.5, 0.6) is 0 Å². The van der Waals surface area contributed by atoms with Crippen molar-refractivity contribution in [2.24, 2.45) is 5.92 Å². The Morgan fingerprint density at radius 1 is 1.37 bits per heavy atom. The minimum Gasteiger partial charge on any atom is -0.469 e. The Balaban J connectivity index is 2.17. The first-order valence-electron chi connectivity index (χ1n) is 5.98. The Morgan fingerprint density at radius 2 is 2.11 bits per heavy atom. The second kappa shape index (κ2) is 5.60. The maximum absolute atomic E-state index is 11.4. The second-order valence-electron chi connectivity index (χ2n) is 4.37. The highest BCUT2D eigenvalue weighted by molar-refractivity contribution is 5.73. The van der Waals surface area contributed by atoms with Crippen molar-refractivity contribution in [1.29, 1.82) is 0 Å². The van der Waals surface area contributed by atoms with E-state index in [4.69, 9.17) is 4.74 Å². The predicted molar refractivity (Wildman–Crippen MR) is 71.8 cm³/mol. The SMILES string of the molecule is COC(=O)C(C)CN(C)c1ccc2nccnc2n1. The first-order chi connectivity index (χ1) is 9.11. The molecule has 6 heteroatoms. The smallest absolute Gasteiger partial charge is 0.310 e. The van der Waals surface area contributed by atoms with Crippen LogP contribution in [0.25, 0.3) is 11.2 Å². The Bertz CT molecular complexity index is 588. The third-order valence-corrected chi connectivity index (χ3v) is 2.86. The number of pyridine rings is 1. The summed E-state index contributed by atoms with van der Waals surface area (Å²) in [5.74, 6) is 0.311. The van der Waals surface area contributed by atoms with E-state index < -0.39 is 0 Å². The van der Waals surface area contributed by atoms with Gasteiger partial charge >= 0.3 is 5.97 Å². The molecule has 0 bridgehead atoms. The largest absolute Gasteiger partial charge is 0.469 e. The number of fused-ring (bicyclic) bond motifs is 1. The third kappa shape index (κ3) is 2.96. The van der Waals surface area contributed by atoms with E-state index in [9.17, 15) is 4.79 Å². The summed E-state index contributed by atoms with van der Waals surface area (Å²) in [6.45, 7) is 2.36. The van der Waals surface area contributed by atoms with E-state index in [1.54, 1.807) is 12.4 Å². The predicted octanol–water partition coefficient (Wildman–Crippen LogP) is 1.27. The van der Waals surface area contributed by atoms with Gasteiger partial charge in [-0.15, -0.1) is 0 Å². The number of rotatable bonds is 4. The molecule has 0 amide bonds. The van der Waals surface area contributed by atoms with E-state index in [-0.39, 0.29) is 11.9 Å². The first-order valence-corrected chi connectivity index (χ1v) is 5.98. The highest BCUT2D eigenvalue weighted by Gasteiger charge is 2.16. The Morgan fingerprint density at radius 3 is 2.84 bits per heavy atom. The molecule has 19 heavy (non-hydrogen) atoms. The van der Waals surface area contributed by atoms with Crippen LogP contribution in [0.2, 0.25) is 0 Å². The van der Waals surface area contributed by atoms with E-state index in [2.05, 4.69) is 15.0 Å². The van der Waals surface area contributed by atoms with E-state index >= 15 is 0 Å². The fourth-order valence-corrected chi connectivity index (χ4v) is 1.84. The van der Waals surface area contributed by atoms with Gasteiger partial charge in [-0.1, -0.05) is 6.92 Å². The van der Waals surface area contributed by atoms with Crippen molar-refractivity contribution in [1.82, 2.24) is 15.0 Å². The molecule has 0 aliphatic rings. The van der Waals surface area contributed by atoms with Gasteiger partial charge < -0.3 is 9.64 Å². The van der Waals surface area contributed by atoms with Crippen LogP contribution >= 0.6 is 0 Å². The van der Waals surface area contributed by atoms with Crippen molar-refractivity contribution in [3.05, 3.63) is 24.5 Å². The molecule has 1 unspecified atom stereocenters. The van der Waals surface area contributed by atoms with Crippen molar-refractivity contribution >= 4 is 23.0 Å². The van der Waals surface area contributed by atoms with Gasteiger partial charge in [-0.3, -0.25) is 9.78 Å². The maximum atomic E-state index is 11.4. The van der Waals surface area contributed by atoms with Gasteiger partial charge in [0.2, 0.25) is 0 Å². The van der Waals surface area contributed by atoms with Crippen molar-refractivity contribution in [3.63, 3.8) is 0 Å². The van der Waals surface area contributed by atoms with E-state index in [0.717, 1.165) is 11.3 Å². The molecule has 0 aliphatic heterocycles. The Hall–Kier alpha value is -2.24. The lowest BCUT2D eigenvalue weighted by Gasteiger charge is -2.21. The first kappa shape index (κ1) is 13.2. The van der Waals surface area contributed by atoms with Crippen molar-refractivity contribution in [3.8, 4) is 0 Å². The fourth-order valence-electron chi connectivity index (χ4n) is 1.84. The number of anilines is 1. The summed E-state index contributed by atoms with van der Waals surface area (Å²) in [6.07, 6.45) is 3.24. The minimum absolute atomic E-state index is 0.214. The normalized spacial score (nSPS) is 12.2. The molecular weight excluding hydrogens is 244 g/mol. The van der Waals surface area contributed by atoms with E-state index in [1.165, 1.54) is 7.11 Å². The molecule has 0 aliphatic carbocycles. The molecule has 100 valence electrons. The molecule has 0 saturated heterocycles. The Labute approximate surface area is 111 Å². The number of hydrogen-bond donors (Lipinski definition) is 0. The van der Waals surface area contributed by atoms with Crippen molar-refractivity contribution in [2.75, 3.05) is 25.6 Å². The van der Waals surface area contributed by atoms with Gasteiger partial charge in [-0.2, -0.15) is 0 Å². The molecule has 6 nitrogen and oxygen atoms in total. The van der Waals surface area contributed by atoms with Crippen molar-refractivity contribution < 1.29 is 9.53 Å². The monoisotopic (exact) mass is 260 g/mol. The van der Waals surface area contributed by atoms with Crippen LogP contribution in [0.1, 0.15) is 6.92 Å². The minimum atomic E-state index is -0.229. The zero-order chi connectivity index (χ0) is 13.8. The molecule has 1 atom stereocenters. The number of nitrogens with zero attached hydrogens (tertiary/aromatic N) is 4. The molecule has 0 radical (unpaired) electrons. The molecule has 2 aromatic rings. The average Bonchev–Trinajstić information content (AvgIpc) is 2.45. The van der Waals surface area contributed by atoms with Gasteiger partial charge in [0, 0.05) is 26.0 Å². The molecule has 0 aromatic carbocycles. The van der Waals surface area contributed by atoms with E-state index in [0.29, 0.717) is 12.2 Å². The number of hydrogen-bond acceptors (Lipinski definition) is 6. The summed E-state index contributed by atoms with van der Waals surface area (Å²) in [4.78, 5) is 26.0. The topological polar surface area (TPSA) is 68.2 Å². The maximum Gasteiger partial charge on any atom is 0.310 e. The summed E-state index contributed by atoms with van der Waals surface area (Å²) in [6, 6.07) is 3.73. The van der Waals surface area contributed by atoms with Crippen LogP contribution in [-0.4, -0.2) is 41.6 Å². The average molecular weight is 260 g/mol. The second-order valence-corrected chi connectivity index (χ2v) is 4.37. The van der Waals surface area contributed by atoms with Crippen LogP contribution < -0.4 is 4.90 Å². The van der Waals surface area contributed by atoms with Gasteiger partial charge in [-0.05, 0) is 12.1 Å². The number of carbonyl (C=O) groups is 1. The van der Waals surface area contributed by atoms with Crippen LogP contribution in [0.3, 0.4) is 0 Å². The van der Waals surface area contributed by atoms with Crippen molar-refractivity contribution in [2.45, 2.75) is 6.92 Å². The molecule has 0 spiro atoms. The van der Waals surface area contributed by atoms with Crippen LogP contribution in [0.15, 0.2) is 24.5 Å². The molecule has 0 fully saturated rings. The molecule has 2 heterocycles. The van der Waals surface area contributed by atoms with Gasteiger partial charge in [0.15, 0.2) is 5.65 Å². The number of methoxy groups -OCH3 is 1. The van der Waals surface area contributed by atoms with Crippen LogP contribution in [0.4, 0.5) is 5.82 Å². The number of aromatic nitrogens is 3. The summed E-state index contributed by atoms with van der Waals surface area (Å²) < 4.78 is 4.71. The molecule has 2 aromatic heterocycles. The quantitative estimate of drug-likeness (QED) is 0.771. The summed E-state index contributed by atoms with van der Waals surface area (Å²) >= 11 is 0. The molecule has 0 N–H and O–H groups in total. The van der Waals surface area contributed by atoms with E-state index in [1.807, 2.05) is 31.0 Å². The number of esters is 1. The van der Waals surface area contributed by atoms with Crippen LogP contribution in [-0.2, 0) is 9.53 Å². The highest BCUT2D eigenvalue weighted by Crippen LogP contribution is 2.15. The molecule has 0 saturated carbocycles. The van der Waals surface area contributed by atoms with Gasteiger partial charge in [-0.25, -0.2) is 9.97 Å². The lowest BCUT2D eigenvalue weighted by atomic mass is 10.2. The molecular formula is C13H16N4O2. The summed E-state index contributed by atoms with van der Waals surface area (Å²) in [7, 11) is 3.27. The fraction of sp³-hybridized carbons (Fsp3) is 0.385. The molecule has 2 rings (SSSR count). The van der Waals surface area contributed by atoms with Gasteiger partial charge in [0.05, 0.1) is 13.0 Å². The zero-order valence-corrected chi connectivity index (χ0v) is 11.2.